The lowest BCUT2D eigenvalue weighted by atomic mass is 9.90. The van der Waals surface area contributed by atoms with Crippen LogP contribution in [0.25, 0.3) is 0 Å². The summed E-state index contributed by atoms with van der Waals surface area (Å²) in [5, 5.41) is 0. The Bertz CT molecular complexity index is 460. The first-order chi connectivity index (χ1) is 10.7. The molecule has 0 aromatic rings. The summed E-state index contributed by atoms with van der Waals surface area (Å²) in [5.41, 5.74) is -1.23. The van der Waals surface area contributed by atoms with Crippen molar-refractivity contribution in [2.75, 3.05) is 13.2 Å². The molecular weight excluding hydrogens is 300 g/mol. The predicted octanol–water partition coefficient (Wildman–Crippen LogP) is 2.55. The van der Waals surface area contributed by atoms with Crippen LogP contribution in [-0.2, 0) is 28.6 Å². The smallest absolute Gasteiger partial charge is 0.350 e. The van der Waals surface area contributed by atoms with Crippen LogP contribution in [0.15, 0.2) is 12.2 Å². The summed E-state index contributed by atoms with van der Waals surface area (Å²) in [7, 11) is 0. The molecule has 1 aliphatic rings. The maximum Gasteiger partial charge on any atom is 0.350 e. The van der Waals surface area contributed by atoms with Gasteiger partial charge in [-0.2, -0.15) is 0 Å². The van der Waals surface area contributed by atoms with Crippen molar-refractivity contribution in [1.29, 1.82) is 0 Å². The average Bonchev–Trinajstić information content (AvgIpc) is 2.50. The highest BCUT2D eigenvalue weighted by Gasteiger charge is 2.34. The maximum absolute atomic E-state index is 12.1. The summed E-state index contributed by atoms with van der Waals surface area (Å²) >= 11 is 0. The quantitative estimate of drug-likeness (QED) is 0.406. The van der Waals surface area contributed by atoms with Gasteiger partial charge >= 0.3 is 17.9 Å². The lowest BCUT2D eigenvalue weighted by molar-refractivity contribution is -0.182. The molecule has 1 aliphatic carbocycles. The molecule has 1 saturated carbocycles. The average molecular weight is 326 g/mol. The van der Waals surface area contributed by atoms with E-state index in [0.29, 0.717) is 12.5 Å². The lowest BCUT2D eigenvalue weighted by Crippen LogP contribution is -2.40. The number of hydrogen-bond acceptors (Lipinski definition) is 6. The van der Waals surface area contributed by atoms with Gasteiger partial charge in [-0.3, -0.25) is 0 Å². The molecule has 0 saturated heterocycles. The van der Waals surface area contributed by atoms with Crippen LogP contribution < -0.4 is 0 Å². The molecule has 0 heterocycles. The highest BCUT2D eigenvalue weighted by Crippen LogP contribution is 2.24. The minimum absolute atomic E-state index is 0.184. The molecule has 1 fully saturated rings. The third-order valence-corrected chi connectivity index (χ3v) is 3.71. The lowest BCUT2D eigenvalue weighted by Gasteiger charge is -2.26. The molecule has 0 aliphatic heterocycles. The molecule has 23 heavy (non-hydrogen) atoms. The van der Waals surface area contributed by atoms with Crippen LogP contribution in [0.4, 0.5) is 0 Å². The van der Waals surface area contributed by atoms with E-state index in [2.05, 4.69) is 11.3 Å². The van der Waals surface area contributed by atoms with E-state index in [-0.39, 0.29) is 5.57 Å². The molecule has 0 amide bonds. The second-order valence-electron chi connectivity index (χ2n) is 6.44. The zero-order valence-electron chi connectivity index (χ0n) is 14.2. The summed E-state index contributed by atoms with van der Waals surface area (Å²) in [4.78, 5) is 34.9. The number of rotatable bonds is 7. The first-order valence-electron chi connectivity index (χ1n) is 7.94. The van der Waals surface area contributed by atoms with Gasteiger partial charge in [0.1, 0.15) is 0 Å². The van der Waals surface area contributed by atoms with Gasteiger partial charge in [0.05, 0.1) is 6.61 Å². The normalized spacial score (nSPS) is 15.6. The van der Waals surface area contributed by atoms with Crippen molar-refractivity contribution in [3.8, 4) is 0 Å². The Morgan fingerprint density at radius 1 is 1.09 bits per heavy atom. The van der Waals surface area contributed by atoms with Crippen molar-refractivity contribution < 1.29 is 28.6 Å². The second-order valence-corrected chi connectivity index (χ2v) is 6.44. The van der Waals surface area contributed by atoms with Crippen LogP contribution in [-0.4, -0.2) is 36.7 Å². The maximum atomic E-state index is 12.1. The van der Waals surface area contributed by atoms with Crippen LogP contribution >= 0.6 is 0 Å². The Morgan fingerprint density at radius 3 is 2.26 bits per heavy atom. The van der Waals surface area contributed by atoms with Crippen LogP contribution in [0.2, 0.25) is 0 Å². The molecule has 0 bridgehead atoms. The van der Waals surface area contributed by atoms with E-state index in [1.165, 1.54) is 27.2 Å². The minimum atomic E-state index is -1.42. The Labute approximate surface area is 137 Å². The van der Waals surface area contributed by atoms with E-state index in [9.17, 15) is 14.4 Å². The standard InChI is InChI=1S/C17H26O6/c1-12(2)15(19)21-11-14(18)23-17(3,4)16(20)22-10-13-8-6-5-7-9-13/h13H,1,5-11H2,2-4H3. The Morgan fingerprint density at radius 2 is 1.70 bits per heavy atom. The van der Waals surface area contributed by atoms with E-state index in [0.717, 1.165) is 25.7 Å². The van der Waals surface area contributed by atoms with Gasteiger partial charge in [-0.15, -0.1) is 0 Å². The first-order valence-corrected chi connectivity index (χ1v) is 7.94. The molecule has 0 spiro atoms. The zero-order valence-corrected chi connectivity index (χ0v) is 14.2. The number of carbonyl (C=O) groups excluding carboxylic acids is 3. The van der Waals surface area contributed by atoms with Crippen molar-refractivity contribution in [3.05, 3.63) is 12.2 Å². The van der Waals surface area contributed by atoms with Crippen molar-refractivity contribution in [1.82, 2.24) is 0 Å². The van der Waals surface area contributed by atoms with Gasteiger partial charge in [-0.05, 0) is 39.5 Å². The summed E-state index contributed by atoms with van der Waals surface area (Å²) < 4.78 is 15.0. The molecule has 0 N–H and O–H groups in total. The molecule has 0 radical (unpaired) electrons. The largest absolute Gasteiger partial charge is 0.462 e. The second kappa shape index (κ2) is 8.70. The molecule has 130 valence electrons. The van der Waals surface area contributed by atoms with Gasteiger partial charge in [-0.1, -0.05) is 25.8 Å². The molecule has 0 unspecified atom stereocenters. The number of ether oxygens (including phenoxy) is 3. The van der Waals surface area contributed by atoms with Crippen LogP contribution in [0, 0.1) is 5.92 Å². The van der Waals surface area contributed by atoms with E-state index in [1.807, 2.05) is 0 Å². The van der Waals surface area contributed by atoms with Crippen LogP contribution in [0.1, 0.15) is 52.9 Å². The highest BCUT2D eigenvalue weighted by atomic mass is 16.6. The Balaban J connectivity index is 2.37. The van der Waals surface area contributed by atoms with Crippen molar-refractivity contribution in [3.63, 3.8) is 0 Å². The van der Waals surface area contributed by atoms with Crippen molar-refractivity contribution in [2.45, 2.75) is 58.5 Å². The summed E-state index contributed by atoms with van der Waals surface area (Å²) in [6.07, 6.45) is 5.68. The van der Waals surface area contributed by atoms with Gasteiger partial charge in [-0.25, -0.2) is 14.4 Å². The molecule has 1 rings (SSSR count). The monoisotopic (exact) mass is 326 g/mol. The fraction of sp³-hybridized carbons (Fsp3) is 0.706. The number of carbonyl (C=O) groups is 3. The summed E-state index contributed by atoms with van der Waals surface area (Å²) in [5.74, 6) is -1.70. The molecule has 6 nitrogen and oxygen atoms in total. The van der Waals surface area contributed by atoms with Gasteiger partial charge in [0.2, 0.25) is 5.60 Å². The minimum Gasteiger partial charge on any atom is -0.462 e. The number of esters is 3. The Kier molecular flexibility index (Phi) is 7.26. The van der Waals surface area contributed by atoms with E-state index < -0.39 is 30.1 Å². The molecule has 0 aromatic carbocycles. The third-order valence-electron chi connectivity index (χ3n) is 3.71. The van der Waals surface area contributed by atoms with Crippen LogP contribution in [0.3, 0.4) is 0 Å². The fourth-order valence-corrected chi connectivity index (χ4v) is 2.32. The molecule has 0 aromatic heterocycles. The predicted molar refractivity (Wildman–Crippen MR) is 83.5 cm³/mol. The molecular formula is C17H26O6. The van der Waals surface area contributed by atoms with E-state index in [1.54, 1.807) is 0 Å². The molecule has 0 atom stereocenters. The van der Waals surface area contributed by atoms with Crippen molar-refractivity contribution in [2.24, 2.45) is 5.92 Å². The highest BCUT2D eigenvalue weighted by molar-refractivity contribution is 5.89. The zero-order chi connectivity index (χ0) is 17.5. The van der Waals surface area contributed by atoms with Gasteiger partial charge < -0.3 is 14.2 Å². The first kappa shape index (κ1) is 19.2. The topological polar surface area (TPSA) is 78.9 Å². The summed E-state index contributed by atoms with van der Waals surface area (Å²) in [6.45, 7) is 7.57. The third kappa shape index (κ3) is 6.84. The van der Waals surface area contributed by atoms with Crippen LogP contribution in [0.5, 0.6) is 0 Å². The van der Waals surface area contributed by atoms with E-state index >= 15 is 0 Å². The van der Waals surface area contributed by atoms with Gasteiger partial charge in [0.15, 0.2) is 6.61 Å². The van der Waals surface area contributed by atoms with Gasteiger partial charge in [0, 0.05) is 5.57 Å². The van der Waals surface area contributed by atoms with Gasteiger partial charge in [0.25, 0.3) is 0 Å². The SMILES string of the molecule is C=C(C)C(=O)OCC(=O)OC(C)(C)C(=O)OCC1CCCCC1. The molecule has 6 heteroatoms. The fourth-order valence-electron chi connectivity index (χ4n) is 2.32. The summed E-state index contributed by atoms with van der Waals surface area (Å²) in [6, 6.07) is 0. The number of hydrogen-bond donors (Lipinski definition) is 0. The van der Waals surface area contributed by atoms with Crippen molar-refractivity contribution >= 4 is 17.9 Å². The van der Waals surface area contributed by atoms with E-state index in [4.69, 9.17) is 9.47 Å². The Hall–Kier alpha value is -1.85.